The summed E-state index contributed by atoms with van der Waals surface area (Å²) in [6.45, 7) is 7.33. The highest BCUT2D eigenvalue weighted by Crippen LogP contribution is 2.39. The Balaban J connectivity index is 2.48. The molecule has 1 aromatic carbocycles. The molecule has 1 N–H and O–H groups in total. The minimum atomic E-state index is -0.937. The number of carbonyl (C=O) groups excluding carboxylic acids is 1. The molecule has 0 bridgehead atoms. The topological polar surface area (TPSA) is 85.3 Å². The minimum absolute atomic E-state index is 0.282. The van der Waals surface area contributed by atoms with Crippen LogP contribution in [0.1, 0.15) is 43.1 Å². The summed E-state index contributed by atoms with van der Waals surface area (Å²) < 4.78 is 16.6. The summed E-state index contributed by atoms with van der Waals surface area (Å²) in [6, 6.07) is 3.31. The lowest BCUT2D eigenvalue weighted by Gasteiger charge is -2.26. The summed E-state index contributed by atoms with van der Waals surface area (Å²) in [6.07, 6.45) is 1.47. The molecule has 1 aromatic rings. The summed E-state index contributed by atoms with van der Waals surface area (Å²) >= 11 is 0. The number of carboxylic acid groups (broad SMARTS) is 1. The fourth-order valence-electron chi connectivity index (χ4n) is 2.85. The highest BCUT2D eigenvalue weighted by molar-refractivity contribution is 5.92. The number of ether oxygens (including phenoxy) is 3. The van der Waals surface area contributed by atoms with Crippen LogP contribution < -0.4 is 9.47 Å². The van der Waals surface area contributed by atoms with Gasteiger partial charge in [-0.2, -0.15) is 0 Å². The number of nitrogens with zero attached hydrogens (tertiary/aromatic N) is 1. The molecule has 0 atom stereocenters. The van der Waals surface area contributed by atoms with Crippen LogP contribution in [0.3, 0.4) is 0 Å². The van der Waals surface area contributed by atoms with E-state index in [9.17, 15) is 9.59 Å². The van der Waals surface area contributed by atoms with Crippen LogP contribution in [0, 0.1) is 0 Å². The van der Waals surface area contributed by atoms with Crippen LogP contribution in [0.2, 0.25) is 0 Å². The van der Waals surface area contributed by atoms with E-state index in [1.807, 2.05) is 19.9 Å². The molecule has 1 aliphatic heterocycles. The summed E-state index contributed by atoms with van der Waals surface area (Å²) in [4.78, 5) is 24.6. The van der Waals surface area contributed by atoms with Crippen molar-refractivity contribution in [1.82, 2.24) is 4.90 Å². The van der Waals surface area contributed by atoms with Crippen molar-refractivity contribution in [2.45, 2.75) is 27.2 Å². The smallest absolute Gasteiger partial charge is 0.407 e. The fourth-order valence-corrected chi connectivity index (χ4v) is 2.85. The molecule has 0 saturated carbocycles. The van der Waals surface area contributed by atoms with Crippen LogP contribution in [0.4, 0.5) is 4.79 Å². The van der Waals surface area contributed by atoms with Crippen molar-refractivity contribution in [2.24, 2.45) is 0 Å². The third kappa shape index (κ3) is 4.47. The molecule has 1 aliphatic rings. The summed E-state index contributed by atoms with van der Waals surface area (Å²) in [7, 11) is 0. The van der Waals surface area contributed by atoms with Crippen LogP contribution in [0.5, 0.6) is 11.5 Å². The first kappa shape index (κ1) is 19.6. The van der Waals surface area contributed by atoms with Gasteiger partial charge >= 0.3 is 12.1 Å². The summed E-state index contributed by atoms with van der Waals surface area (Å²) in [5, 5.41) is 9.12. The second-order valence-corrected chi connectivity index (χ2v) is 5.64. The fraction of sp³-hybridized carbons (Fsp3) is 0.474. The maximum absolute atomic E-state index is 12.1. The lowest BCUT2D eigenvalue weighted by Crippen LogP contribution is -2.33. The number of amides is 1. The molecular formula is C19H25NO6. The van der Waals surface area contributed by atoms with Crippen molar-refractivity contribution in [3.63, 3.8) is 0 Å². The molecule has 0 radical (unpaired) electrons. The second kappa shape index (κ2) is 9.12. The number of carbonyl (C=O) groups is 2. The summed E-state index contributed by atoms with van der Waals surface area (Å²) in [5.41, 5.74) is 2.09. The molecule has 26 heavy (non-hydrogen) atoms. The van der Waals surface area contributed by atoms with Crippen molar-refractivity contribution in [1.29, 1.82) is 0 Å². The van der Waals surface area contributed by atoms with Crippen molar-refractivity contribution >= 4 is 17.6 Å². The maximum atomic E-state index is 12.1. The van der Waals surface area contributed by atoms with Gasteiger partial charge in [0.1, 0.15) is 11.5 Å². The lowest BCUT2D eigenvalue weighted by molar-refractivity contribution is 0.0525. The van der Waals surface area contributed by atoms with Gasteiger partial charge in [0.25, 0.3) is 0 Å². The van der Waals surface area contributed by atoms with Gasteiger partial charge in [0.15, 0.2) is 0 Å². The van der Waals surface area contributed by atoms with Crippen LogP contribution >= 0.6 is 0 Å². The zero-order chi connectivity index (χ0) is 19.1. The number of benzene rings is 1. The van der Waals surface area contributed by atoms with Crippen LogP contribution in [-0.4, -0.2) is 55.0 Å². The van der Waals surface area contributed by atoms with E-state index < -0.39 is 12.1 Å². The minimum Gasteiger partial charge on any atom is -0.493 e. The number of hydrogen-bond acceptors (Lipinski definition) is 5. The Morgan fingerprint density at radius 3 is 2.12 bits per heavy atom. The molecule has 142 valence electrons. The Kier molecular flexibility index (Phi) is 6.89. The van der Waals surface area contributed by atoms with E-state index in [0.717, 1.165) is 11.1 Å². The van der Waals surface area contributed by atoms with Gasteiger partial charge in [0.05, 0.1) is 30.9 Å². The third-order valence-corrected chi connectivity index (χ3v) is 3.98. The summed E-state index contributed by atoms with van der Waals surface area (Å²) in [5.74, 6) is 0.642. The van der Waals surface area contributed by atoms with Gasteiger partial charge in [-0.3, -0.25) is 0 Å². The first-order valence-corrected chi connectivity index (χ1v) is 8.79. The van der Waals surface area contributed by atoms with E-state index in [1.54, 1.807) is 19.1 Å². The van der Waals surface area contributed by atoms with Crippen molar-refractivity contribution in [3.8, 4) is 11.5 Å². The average molecular weight is 363 g/mol. The molecule has 7 nitrogen and oxygen atoms in total. The highest BCUT2D eigenvalue weighted by atomic mass is 16.5. The normalized spacial score (nSPS) is 13.8. The van der Waals surface area contributed by atoms with Crippen LogP contribution in [0.15, 0.2) is 18.2 Å². The Labute approximate surface area is 153 Å². The Morgan fingerprint density at radius 1 is 1.08 bits per heavy atom. The van der Waals surface area contributed by atoms with Gasteiger partial charge in [-0.25, -0.2) is 9.59 Å². The van der Waals surface area contributed by atoms with Gasteiger partial charge in [0.2, 0.25) is 0 Å². The maximum Gasteiger partial charge on any atom is 0.407 e. The van der Waals surface area contributed by atoms with Gasteiger partial charge < -0.3 is 24.2 Å². The molecule has 0 unspecified atom stereocenters. The van der Waals surface area contributed by atoms with Gasteiger partial charge in [0, 0.05) is 13.1 Å². The quantitative estimate of drug-likeness (QED) is 0.747. The van der Waals surface area contributed by atoms with E-state index in [4.69, 9.17) is 19.3 Å². The van der Waals surface area contributed by atoms with Crippen LogP contribution in [-0.2, 0) is 4.74 Å². The van der Waals surface area contributed by atoms with E-state index in [0.29, 0.717) is 49.8 Å². The van der Waals surface area contributed by atoms with E-state index in [2.05, 4.69) is 0 Å². The molecule has 1 heterocycles. The molecule has 1 amide bonds. The third-order valence-electron chi connectivity index (χ3n) is 3.98. The molecular weight excluding hydrogens is 338 g/mol. The number of esters is 1. The van der Waals surface area contributed by atoms with Crippen LogP contribution in [0.25, 0.3) is 5.57 Å². The predicted molar refractivity (Wildman–Crippen MR) is 96.9 cm³/mol. The SMILES string of the molecule is CCOC(=O)c1cc(OCC)c(C2=CCN(C(=O)O)CC2)c(OCC)c1. The Hall–Kier alpha value is -2.70. The average Bonchev–Trinajstić information content (AvgIpc) is 2.62. The predicted octanol–water partition coefficient (Wildman–Crippen LogP) is 3.43. The first-order chi connectivity index (χ1) is 12.5. The van der Waals surface area contributed by atoms with E-state index >= 15 is 0 Å². The lowest BCUT2D eigenvalue weighted by atomic mass is 9.96. The standard InChI is InChI=1S/C19H25NO6/c1-4-24-15-11-14(18(21)26-6-3)12-16(25-5-2)17(15)13-7-9-20(10-8-13)19(22)23/h7,11-12H,4-6,8-10H2,1-3H3,(H,22,23). The molecule has 2 rings (SSSR count). The van der Waals surface area contributed by atoms with Gasteiger partial charge in [-0.15, -0.1) is 0 Å². The van der Waals surface area contributed by atoms with E-state index in [-0.39, 0.29) is 6.61 Å². The largest absolute Gasteiger partial charge is 0.493 e. The first-order valence-electron chi connectivity index (χ1n) is 8.79. The molecule has 0 fully saturated rings. The van der Waals surface area contributed by atoms with Crippen molar-refractivity contribution < 1.29 is 28.9 Å². The van der Waals surface area contributed by atoms with Gasteiger partial charge in [-0.05, 0) is 44.9 Å². The molecule has 0 saturated heterocycles. The molecule has 0 aromatic heterocycles. The molecule has 0 aliphatic carbocycles. The van der Waals surface area contributed by atoms with Gasteiger partial charge in [-0.1, -0.05) is 6.08 Å². The zero-order valence-corrected chi connectivity index (χ0v) is 15.4. The highest BCUT2D eigenvalue weighted by Gasteiger charge is 2.24. The number of rotatable bonds is 7. The zero-order valence-electron chi connectivity index (χ0n) is 15.4. The molecule has 7 heteroatoms. The van der Waals surface area contributed by atoms with Crippen molar-refractivity contribution in [3.05, 3.63) is 29.3 Å². The number of hydrogen-bond donors (Lipinski definition) is 1. The second-order valence-electron chi connectivity index (χ2n) is 5.64. The van der Waals surface area contributed by atoms with Crippen molar-refractivity contribution in [2.75, 3.05) is 32.9 Å². The monoisotopic (exact) mass is 363 g/mol. The molecule has 0 spiro atoms. The van der Waals surface area contributed by atoms with E-state index in [1.165, 1.54) is 4.90 Å². The Bertz CT molecular complexity index is 670. The Morgan fingerprint density at radius 2 is 1.69 bits per heavy atom.